The van der Waals surface area contributed by atoms with E-state index in [0.717, 1.165) is 0 Å². The molecule has 0 aliphatic heterocycles. The molecule has 0 amide bonds. The van der Waals surface area contributed by atoms with Crippen LogP contribution in [0.4, 0.5) is 5.69 Å². The average molecular weight is 178 g/mol. The van der Waals surface area contributed by atoms with E-state index in [0.29, 0.717) is 17.7 Å². The number of hydrogen-bond acceptors (Lipinski definition) is 3. The minimum atomic E-state index is -0.118. The number of carbonyl (C=O) groups excluding carboxylic acids is 1. The van der Waals surface area contributed by atoms with Gasteiger partial charge >= 0.3 is 0 Å². The lowest BCUT2D eigenvalue weighted by molar-refractivity contribution is 0.0977. The van der Waals surface area contributed by atoms with Crippen LogP contribution >= 0.6 is 0 Å². The first-order chi connectivity index (χ1) is 6.11. The summed E-state index contributed by atoms with van der Waals surface area (Å²) in [6.45, 7) is 1.80. The van der Waals surface area contributed by atoms with E-state index in [9.17, 15) is 4.79 Å². The van der Waals surface area contributed by atoms with Crippen LogP contribution in [0.5, 0.6) is 0 Å². The van der Waals surface area contributed by atoms with Gasteiger partial charge in [0.25, 0.3) is 0 Å². The zero-order valence-electron chi connectivity index (χ0n) is 7.66. The number of anilines is 1. The number of nitrogen functional groups attached to an aromatic ring is 1. The maximum Gasteiger partial charge on any atom is 0.166 e. The standard InChI is InChI=1S/C10H14N2O/c1-7(11)6-10(13)8-4-2-3-5-9(8)12/h2-5,7H,6,11-12H2,1H3/t7-/m1/s1. The third-order valence-corrected chi connectivity index (χ3v) is 1.77. The largest absolute Gasteiger partial charge is 0.398 e. The summed E-state index contributed by atoms with van der Waals surface area (Å²) in [5, 5.41) is 0. The Morgan fingerprint density at radius 2 is 2.08 bits per heavy atom. The zero-order valence-corrected chi connectivity index (χ0v) is 7.66. The van der Waals surface area contributed by atoms with Crippen LogP contribution in [-0.2, 0) is 0 Å². The molecule has 1 aromatic carbocycles. The fourth-order valence-corrected chi connectivity index (χ4v) is 1.15. The summed E-state index contributed by atoms with van der Waals surface area (Å²) in [7, 11) is 0. The summed E-state index contributed by atoms with van der Waals surface area (Å²) in [6, 6.07) is 6.92. The lowest BCUT2D eigenvalue weighted by Gasteiger charge is -2.06. The first kappa shape index (κ1) is 9.74. The third-order valence-electron chi connectivity index (χ3n) is 1.77. The minimum Gasteiger partial charge on any atom is -0.398 e. The van der Waals surface area contributed by atoms with Crippen molar-refractivity contribution < 1.29 is 4.79 Å². The molecule has 0 saturated carbocycles. The lowest BCUT2D eigenvalue weighted by Crippen LogP contribution is -2.20. The molecule has 0 unspecified atom stereocenters. The Morgan fingerprint density at radius 3 is 2.62 bits per heavy atom. The fourth-order valence-electron chi connectivity index (χ4n) is 1.15. The number of hydrogen-bond donors (Lipinski definition) is 2. The van der Waals surface area contributed by atoms with Gasteiger partial charge in [-0.05, 0) is 19.1 Å². The Balaban J connectivity index is 2.83. The molecular formula is C10H14N2O. The summed E-state index contributed by atoms with van der Waals surface area (Å²) in [5.41, 5.74) is 12.2. The smallest absolute Gasteiger partial charge is 0.166 e. The van der Waals surface area contributed by atoms with E-state index in [1.54, 1.807) is 31.2 Å². The van der Waals surface area contributed by atoms with Crippen molar-refractivity contribution in [3.05, 3.63) is 29.8 Å². The molecule has 1 aromatic rings. The molecular weight excluding hydrogens is 164 g/mol. The summed E-state index contributed by atoms with van der Waals surface area (Å²) < 4.78 is 0. The molecule has 0 aliphatic carbocycles. The topological polar surface area (TPSA) is 69.1 Å². The van der Waals surface area contributed by atoms with E-state index in [2.05, 4.69) is 0 Å². The average Bonchev–Trinajstić information content (AvgIpc) is 2.03. The molecule has 0 fully saturated rings. The predicted octanol–water partition coefficient (Wildman–Crippen LogP) is 1.19. The van der Waals surface area contributed by atoms with Crippen LogP contribution in [0.2, 0.25) is 0 Å². The van der Waals surface area contributed by atoms with Gasteiger partial charge in [0.05, 0.1) is 0 Å². The normalized spacial score (nSPS) is 12.5. The SMILES string of the molecule is C[C@@H](N)CC(=O)c1ccccc1N. The quantitative estimate of drug-likeness (QED) is 0.539. The third kappa shape index (κ3) is 2.56. The van der Waals surface area contributed by atoms with E-state index < -0.39 is 0 Å². The molecule has 0 bridgehead atoms. The number of benzene rings is 1. The molecule has 0 heterocycles. The maximum absolute atomic E-state index is 11.5. The molecule has 1 rings (SSSR count). The van der Waals surface area contributed by atoms with Gasteiger partial charge in [0.2, 0.25) is 0 Å². The first-order valence-corrected chi connectivity index (χ1v) is 4.24. The van der Waals surface area contributed by atoms with Gasteiger partial charge in [0.15, 0.2) is 5.78 Å². The van der Waals surface area contributed by atoms with Gasteiger partial charge in [-0.3, -0.25) is 4.79 Å². The Morgan fingerprint density at radius 1 is 1.46 bits per heavy atom. The molecule has 1 atom stereocenters. The van der Waals surface area contributed by atoms with Crippen molar-refractivity contribution in [2.45, 2.75) is 19.4 Å². The molecule has 70 valence electrons. The number of para-hydroxylation sites is 1. The van der Waals surface area contributed by atoms with Crippen LogP contribution < -0.4 is 11.5 Å². The zero-order chi connectivity index (χ0) is 9.84. The van der Waals surface area contributed by atoms with Crippen LogP contribution in [0.1, 0.15) is 23.7 Å². The van der Waals surface area contributed by atoms with Gasteiger partial charge in [0.1, 0.15) is 0 Å². The Kier molecular flexibility index (Phi) is 3.03. The highest BCUT2D eigenvalue weighted by molar-refractivity contribution is 6.00. The molecule has 0 spiro atoms. The molecule has 3 heteroatoms. The molecule has 0 aromatic heterocycles. The maximum atomic E-state index is 11.5. The van der Waals surface area contributed by atoms with Crippen LogP contribution in [0.25, 0.3) is 0 Å². The van der Waals surface area contributed by atoms with Gasteiger partial charge in [0, 0.05) is 23.7 Å². The highest BCUT2D eigenvalue weighted by atomic mass is 16.1. The summed E-state index contributed by atoms with van der Waals surface area (Å²) >= 11 is 0. The second kappa shape index (κ2) is 4.05. The van der Waals surface area contributed by atoms with Crippen molar-refractivity contribution in [2.24, 2.45) is 5.73 Å². The number of rotatable bonds is 3. The van der Waals surface area contributed by atoms with Gasteiger partial charge < -0.3 is 11.5 Å². The predicted molar refractivity (Wildman–Crippen MR) is 53.5 cm³/mol. The summed E-state index contributed by atoms with van der Waals surface area (Å²) in [5.74, 6) is 0.00750. The van der Waals surface area contributed by atoms with Crippen molar-refractivity contribution >= 4 is 11.5 Å². The molecule has 3 nitrogen and oxygen atoms in total. The van der Waals surface area contributed by atoms with Crippen molar-refractivity contribution in [1.82, 2.24) is 0 Å². The number of ketones is 1. The monoisotopic (exact) mass is 178 g/mol. The van der Waals surface area contributed by atoms with Crippen LogP contribution in [0, 0.1) is 0 Å². The van der Waals surface area contributed by atoms with Gasteiger partial charge in [-0.25, -0.2) is 0 Å². The Hall–Kier alpha value is -1.35. The Labute approximate surface area is 77.7 Å². The molecule has 0 aliphatic rings. The van der Waals surface area contributed by atoms with E-state index >= 15 is 0 Å². The van der Waals surface area contributed by atoms with Gasteiger partial charge in [-0.2, -0.15) is 0 Å². The number of Topliss-reactive ketones (excluding diaryl/α,β-unsaturated/α-hetero) is 1. The Bertz CT molecular complexity index is 308. The van der Waals surface area contributed by atoms with Crippen molar-refractivity contribution in [3.63, 3.8) is 0 Å². The van der Waals surface area contributed by atoms with Crippen molar-refractivity contribution in [1.29, 1.82) is 0 Å². The molecule has 13 heavy (non-hydrogen) atoms. The molecule has 0 saturated heterocycles. The minimum absolute atomic E-state index is 0.00750. The van der Waals surface area contributed by atoms with Crippen LogP contribution in [0.3, 0.4) is 0 Å². The van der Waals surface area contributed by atoms with Crippen molar-refractivity contribution in [2.75, 3.05) is 5.73 Å². The lowest BCUT2D eigenvalue weighted by atomic mass is 10.0. The van der Waals surface area contributed by atoms with Gasteiger partial charge in [-0.1, -0.05) is 12.1 Å². The highest BCUT2D eigenvalue weighted by Gasteiger charge is 2.10. The highest BCUT2D eigenvalue weighted by Crippen LogP contribution is 2.13. The number of carbonyl (C=O) groups is 1. The van der Waals surface area contributed by atoms with E-state index in [1.807, 2.05) is 0 Å². The van der Waals surface area contributed by atoms with Crippen molar-refractivity contribution in [3.8, 4) is 0 Å². The van der Waals surface area contributed by atoms with E-state index in [1.165, 1.54) is 0 Å². The summed E-state index contributed by atoms with van der Waals surface area (Å²) in [6.07, 6.45) is 0.341. The van der Waals surface area contributed by atoms with Crippen LogP contribution in [-0.4, -0.2) is 11.8 Å². The van der Waals surface area contributed by atoms with Crippen LogP contribution in [0.15, 0.2) is 24.3 Å². The second-order valence-electron chi connectivity index (χ2n) is 3.19. The number of nitrogens with two attached hydrogens (primary N) is 2. The first-order valence-electron chi connectivity index (χ1n) is 4.24. The van der Waals surface area contributed by atoms with Gasteiger partial charge in [-0.15, -0.1) is 0 Å². The summed E-state index contributed by atoms with van der Waals surface area (Å²) in [4.78, 5) is 11.5. The van der Waals surface area contributed by atoms with E-state index in [4.69, 9.17) is 11.5 Å². The van der Waals surface area contributed by atoms with E-state index in [-0.39, 0.29) is 11.8 Å². The molecule has 4 N–H and O–H groups in total. The molecule has 0 radical (unpaired) electrons. The second-order valence-corrected chi connectivity index (χ2v) is 3.19. The fraction of sp³-hybridized carbons (Fsp3) is 0.300.